The zero-order valence-corrected chi connectivity index (χ0v) is 11.5. The van der Waals surface area contributed by atoms with Crippen molar-refractivity contribution in [2.45, 2.75) is 51.8 Å². The van der Waals surface area contributed by atoms with E-state index in [9.17, 15) is 5.26 Å². The number of nitrogens with zero attached hydrogens (tertiary/aromatic N) is 2. The van der Waals surface area contributed by atoms with E-state index in [1.54, 1.807) is 0 Å². The number of hydrogen-bond donors (Lipinski definition) is 1. The van der Waals surface area contributed by atoms with Crippen LogP contribution in [0.1, 0.15) is 34.1 Å². The number of rotatable bonds is 5. The minimum Gasteiger partial charge on any atom is -0.376 e. The number of nitriles is 1. The molecule has 0 aromatic carbocycles. The molecule has 1 fully saturated rings. The van der Waals surface area contributed by atoms with Gasteiger partial charge in [0.25, 0.3) is 0 Å². The first kappa shape index (κ1) is 14.4. The van der Waals surface area contributed by atoms with Gasteiger partial charge in [0.15, 0.2) is 0 Å². The Morgan fingerprint density at radius 3 is 2.82 bits per heavy atom. The fourth-order valence-corrected chi connectivity index (χ4v) is 2.37. The van der Waals surface area contributed by atoms with Gasteiger partial charge in [0.1, 0.15) is 5.54 Å². The van der Waals surface area contributed by atoms with Crippen molar-refractivity contribution < 1.29 is 4.74 Å². The van der Waals surface area contributed by atoms with Gasteiger partial charge in [0.05, 0.1) is 18.8 Å². The molecule has 0 saturated carbocycles. The molecule has 1 N–H and O–H groups in total. The summed E-state index contributed by atoms with van der Waals surface area (Å²) in [5, 5.41) is 12.7. The second-order valence-corrected chi connectivity index (χ2v) is 5.38. The molecule has 17 heavy (non-hydrogen) atoms. The van der Waals surface area contributed by atoms with E-state index in [4.69, 9.17) is 4.74 Å². The molecular weight excluding hydrogens is 214 g/mol. The molecule has 1 heterocycles. The summed E-state index contributed by atoms with van der Waals surface area (Å²) in [4.78, 5) is 2.33. The minimum absolute atomic E-state index is 0.322. The Balaban J connectivity index is 2.53. The van der Waals surface area contributed by atoms with Crippen molar-refractivity contribution in [1.29, 1.82) is 5.26 Å². The fraction of sp³-hybridized carbons (Fsp3) is 0.923. The van der Waals surface area contributed by atoms with Gasteiger partial charge in [-0.15, -0.1) is 0 Å². The first-order chi connectivity index (χ1) is 7.99. The third-order valence-electron chi connectivity index (χ3n) is 3.07. The van der Waals surface area contributed by atoms with Gasteiger partial charge in [-0.25, -0.2) is 0 Å². The van der Waals surface area contributed by atoms with E-state index in [1.165, 1.54) is 0 Å². The van der Waals surface area contributed by atoms with Crippen LogP contribution in [0.25, 0.3) is 0 Å². The maximum atomic E-state index is 9.32. The molecule has 0 bridgehead atoms. The highest BCUT2D eigenvalue weighted by atomic mass is 16.5. The maximum absolute atomic E-state index is 9.32. The summed E-state index contributed by atoms with van der Waals surface area (Å²) in [6.45, 7) is 11.7. The van der Waals surface area contributed by atoms with Gasteiger partial charge in [-0.2, -0.15) is 5.26 Å². The van der Waals surface area contributed by atoms with Crippen LogP contribution in [0.2, 0.25) is 0 Å². The van der Waals surface area contributed by atoms with Crippen LogP contribution in [0, 0.1) is 11.3 Å². The van der Waals surface area contributed by atoms with Crippen molar-refractivity contribution in [1.82, 2.24) is 10.2 Å². The predicted molar refractivity (Wildman–Crippen MR) is 68.8 cm³/mol. The Labute approximate surface area is 105 Å². The van der Waals surface area contributed by atoms with E-state index in [0.29, 0.717) is 12.1 Å². The molecule has 0 aliphatic carbocycles. The van der Waals surface area contributed by atoms with Crippen LogP contribution in [0.15, 0.2) is 0 Å². The SMILES string of the molecule is CCC1CN(CC(C)(C#N)NC(C)C)CCO1. The van der Waals surface area contributed by atoms with Crippen LogP contribution < -0.4 is 5.32 Å². The van der Waals surface area contributed by atoms with E-state index in [0.717, 1.165) is 32.7 Å². The minimum atomic E-state index is -0.468. The Hall–Kier alpha value is -0.630. The second kappa shape index (κ2) is 6.34. The van der Waals surface area contributed by atoms with Gasteiger partial charge >= 0.3 is 0 Å². The van der Waals surface area contributed by atoms with E-state index in [1.807, 2.05) is 6.92 Å². The van der Waals surface area contributed by atoms with Crippen LogP contribution in [-0.4, -0.2) is 48.8 Å². The molecule has 2 atom stereocenters. The van der Waals surface area contributed by atoms with Crippen LogP contribution in [-0.2, 0) is 4.74 Å². The van der Waals surface area contributed by atoms with Crippen LogP contribution >= 0.6 is 0 Å². The Morgan fingerprint density at radius 2 is 2.29 bits per heavy atom. The zero-order valence-electron chi connectivity index (χ0n) is 11.5. The van der Waals surface area contributed by atoms with E-state index >= 15 is 0 Å². The summed E-state index contributed by atoms with van der Waals surface area (Å²) in [5.74, 6) is 0. The van der Waals surface area contributed by atoms with Crippen LogP contribution in [0.5, 0.6) is 0 Å². The van der Waals surface area contributed by atoms with E-state index in [-0.39, 0.29) is 0 Å². The summed E-state index contributed by atoms with van der Waals surface area (Å²) < 4.78 is 5.64. The smallest absolute Gasteiger partial charge is 0.116 e. The molecule has 2 unspecified atom stereocenters. The monoisotopic (exact) mass is 239 g/mol. The normalized spacial score (nSPS) is 25.5. The zero-order chi connectivity index (χ0) is 12.9. The van der Waals surface area contributed by atoms with Gasteiger partial charge < -0.3 is 4.74 Å². The lowest BCUT2D eigenvalue weighted by atomic mass is 10.0. The molecule has 98 valence electrons. The summed E-state index contributed by atoms with van der Waals surface area (Å²) in [7, 11) is 0. The van der Waals surface area contributed by atoms with Gasteiger partial charge in [-0.1, -0.05) is 6.92 Å². The number of hydrogen-bond acceptors (Lipinski definition) is 4. The molecule has 4 nitrogen and oxygen atoms in total. The Bertz CT molecular complexity index is 274. The Morgan fingerprint density at radius 1 is 1.59 bits per heavy atom. The largest absolute Gasteiger partial charge is 0.376 e. The van der Waals surface area contributed by atoms with Gasteiger partial charge in [-0.05, 0) is 27.2 Å². The standard InChI is InChI=1S/C13H25N3O/c1-5-12-8-16(6-7-17-12)10-13(4,9-14)15-11(2)3/h11-12,15H,5-8,10H2,1-4H3. The fourth-order valence-electron chi connectivity index (χ4n) is 2.37. The third-order valence-corrected chi connectivity index (χ3v) is 3.07. The Kier molecular flexibility index (Phi) is 5.38. The van der Waals surface area contributed by atoms with Gasteiger partial charge in [-0.3, -0.25) is 10.2 Å². The third kappa shape index (κ3) is 4.63. The molecule has 1 rings (SSSR count). The van der Waals surface area contributed by atoms with Crippen molar-refractivity contribution >= 4 is 0 Å². The first-order valence-corrected chi connectivity index (χ1v) is 6.52. The molecule has 0 aromatic rings. The van der Waals surface area contributed by atoms with Crippen molar-refractivity contribution in [2.75, 3.05) is 26.2 Å². The van der Waals surface area contributed by atoms with Crippen molar-refractivity contribution in [2.24, 2.45) is 0 Å². The quantitative estimate of drug-likeness (QED) is 0.787. The highest BCUT2D eigenvalue weighted by Crippen LogP contribution is 2.13. The molecule has 4 heteroatoms. The lowest BCUT2D eigenvalue weighted by Gasteiger charge is -2.37. The highest BCUT2D eigenvalue weighted by Gasteiger charge is 2.30. The van der Waals surface area contributed by atoms with E-state index in [2.05, 4.69) is 37.1 Å². The lowest BCUT2D eigenvalue weighted by Crippen LogP contribution is -2.55. The van der Waals surface area contributed by atoms with Gasteiger partial charge in [0.2, 0.25) is 0 Å². The van der Waals surface area contributed by atoms with Crippen LogP contribution in [0.4, 0.5) is 0 Å². The number of nitrogens with one attached hydrogen (secondary N) is 1. The summed E-state index contributed by atoms with van der Waals surface area (Å²) in [6, 6.07) is 2.72. The number of morpholine rings is 1. The maximum Gasteiger partial charge on any atom is 0.116 e. The molecular formula is C13H25N3O. The van der Waals surface area contributed by atoms with Crippen molar-refractivity contribution in [3.05, 3.63) is 0 Å². The molecule has 1 aliphatic rings. The molecule has 1 aliphatic heterocycles. The molecule has 0 spiro atoms. The molecule has 0 amide bonds. The van der Waals surface area contributed by atoms with Gasteiger partial charge in [0, 0.05) is 25.7 Å². The topological polar surface area (TPSA) is 48.3 Å². The lowest BCUT2D eigenvalue weighted by molar-refractivity contribution is -0.0345. The second-order valence-electron chi connectivity index (χ2n) is 5.38. The highest BCUT2D eigenvalue weighted by molar-refractivity contribution is 5.06. The van der Waals surface area contributed by atoms with E-state index < -0.39 is 5.54 Å². The molecule has 1 saturated heterocycles. The number of ether oxygens (including phenoxy) is 1. The molecule has 0 radical (unpaired) electrons. The molecule has 0 aromatic heterocycles. The average Bonchev–Trinajstić information content (AvgIpc) is 2.28. The van der Waals surface area contributed by atoms with Crippen LogP contribution in [0.3, 0.4) is 0 Å². The summed E-state index contributed by atoms with van der Waals surface area (Å²) >= 11 is 0. The summed E-state index contributed by atoms with van der Waals surface area (Å²) in [5.41, 5.74) is -0.468. The first-order valence-electron chi connectivity index (χ1n) is 6.52. The van der Waals surface area contributed by atoms with Crippen molar-refractivity contribution in [3.8, 4) is 6.07 Å². The predicted octanol–water partition coefficient (Wildman–Crippen LogP) is 1.38. The van der Waals surface area contributed by atoms with Crippen molar-refractivity contribution in [3.63, 3.8) is 0 Å². The average molecular weight is 239 g/mol. The summed E-state index contributed by atoms with van der Waals surface area (Å²) in [6.07, 6.45) is 1.36.